The zero-order chi connectivity index (χ0) is 36.7. The molecule has 1 aliphatic carbocycles. The molecule has 0 radical (unpaired) electrons. The molecule has 0 aliphatic heterocycles. The highest BCUT2D eigenvalue weighted by Crippen LogP contribution is 2.54. The maximum atomic E-state index is 11.9. The van der Waals surface area contributed by atoms with Crippen molar-refractivity contribution >= 4 is 11.0 Å². The van der Waals surface area contributed by atoms with E-state index in [0.717, 1.165) is 55.9 Å². The molecule has 4 heteroatoms. The van der Waals surface area contributed by atoms with Gasteiger partial charge in [0.2, 0.25) is 0 Å². The van der Waals surface area contributed by atoms with E-state index >= 15 is 0 Å². The second-order valence-corrected chi connectivity index (χ2v) is 17.0. The fourth-order valence-electron chi connectivity index (χ4n) is 8.17. The number of phenolic OH excluding ortho intramolecular Hbond substituents is 1. The minimum Gasteiger partial charge on any atom is -0.507 e. The van der Waals surface area contributed by atoms with E-state index in [4.69, 9.17) is 9.97 Å². The quantitative estimate of drug-likeness (QED) is 0.201. The molecule has 0 unspecified atom stereocenters. The minimum absolute atomic E-state index is 0.102. The predicted molar refractivity (Wildman–Crippen MR) is 217 cm³/mol. The van der Waals surface area contributed by atoms with Crippen LogP contribution in [0.2, 0.25) is 0 Å². The molecule has 0 amide bonds. The number of benzene rings is 5. The van der Waals surface area contributed by atoms with Crippen LogP contribution in [0.1, 0.15) is 77.6 Å². The van der Waals surface area contributed by atoms with E-state index in [1.807, 2.05) is 6.20 Å². The first-order chi connectivity index (χ1) is 24.6. The number of aromatic hydroxyl groups is 1. The van der Waals surface area contributed by atoms with E-state index in [9.17, 15) is 5.11 Å². The van der Waals surface area contributed by atoms with Gasteiger partial charge in [-0.15, -0.1) is 0 Å². The Morgan fingerprint density at radius 3 is 2.04 bits per heavy atom. The number of hydrogen-bond donors (Lipinski definition) is 1. The van der Waals surface area contributed by atoms with Crippen LogP contribution in [0.3, 0.4) is 0 Å². The summed E-state index contributed by atoms with van der Waals surface area (Å²) in [6.45, 7) is 17.8. The first kappa shape index (κ1) is 33.7. The van der Waals surface area contributed by atoms with Crippen LogP contribution >= 0.6 is 0 Å². The van der Waals surface area contributed by atoms with Gasteiger partial charge in [0, 0.05) is 35.3 Å². The summed E-state index contributed by atoms with van der Waals surface area (Å²) < 4.78 is 2.13. The molecule has 0 saturated heterocycles. The van der Waals surface area contributed by atoms with Crippen LogP contribution < -0.4 is 0 Å². The number of pyridine rings is 1. The molecule has 1 N–H and O–H groups in total. The Bertz CT molecular complexity index is 2520. The molecule has 52 heavy (non-hydrogen) atoms. The second kappa shape index (κ2) is 11.8. The fourth-order valence-corrected chi connectivity index (χ4v) is 8.17. The van der Waals surface area contributed by atoms with E-state index in [2.05, 4.69) is 176 Å². The lowest BCUT2D eigenvalue weighted by Crippen LogP contribution is -2.17. The van der Waals surface area contributed by atoms with Crippen LogP contribution in [0.4, 0.5) is 0 Å². The average molecular weight is 682 g/mol. The molecule has 2 aromatic heterocycles. The zero-order valence-corrected chi connectivity index (χ0v) is 31.8. The van der Waals surface area contributed by atoms with Crippen LogP contribution in [-0.2, 0) is 23.3 Å². The Kier molecular flexibility index (Phi) is 7.62. The number of para-hydroxylation sites is 1. The Labute approximate surface area is 307 Å². The third-order valence-electron chi connectivity index (χ3n) is 11.0. The Balaban J connectivity index is 1.38. The van der Waals surface area contributed by atoms with Crippen LogP contribution in [0.5, 0.6) is 5.75 Å². The molecule has 0 fully saturated rings. The van der Waals surface area contributed by atoms with Gasteiger partial charge in [0.25, 0.3) is 0 Å². The topological polar surface area (TPSA) is 50.9 Å². The molecule has 0 bridgehead atoms. The summed E-state index contributed by atoms with van der Waals surface area (Å²) in [5.41, 5.74) is 15.9. The van der Waals surface area contributed by atoms with Gasteiger partial charge >= 0.3 is 0 Å². The van der Waals surface area contributed by atoms with Crippen LogP contribution in [-0.4, -0.2) is 19.6 Å². The van der Waals surface area contributed by atoms with Crippen molar-refractivity contribution in [3.8, 4) is 61.8 Å². The van der Waals surface area contributed by atoms with Crippen molar-refractivity contribution in [1.29, 1.82) is 0 Å². The third kappa shape index (κ3) is 5.35. The summed E-state index contributed by atoms with van der Waals surface area (Å²) in [5.74, 6) is 1.05. The number of aromatic nitrogens is 3. The standard InChI is InChI=1S/C48H47N3O/c1-46(2,3)32-27-37(44(52)39(28-32)47(4,5)6)45-50-43-33(19-15-21-41(43)51(45)9)31-24-35-34-18-13-14-20-38(34)48(7,8)42(35)36(25-31)40-26-30(22-23-49-40)29-16-11-10-12-17-29/h10-28,52H,1-9H3. The summed E-state index contributed by atoms with van der Waals surface area (Å²) in [7, 11) is 2.06. The summed E-state index contributed by atoms with van der Waals surface area (Å²) >= 11 is 0. The van der Waals surface area contributed by atoms with E-state index in [-0.39, 0.29) is 16.2 Å². The Hall–Kier alpha value is -5.48. The molecule has 2 heterocycles. The van der Waals surface area contributed by atoms with Crippen molar-refractivity contribution in [2.45, 2.75) is 71.6 Å². The summed E-state index contributed by atoms with van der Waals surface area (Å²) in [6, 6.07) is 39.0. The van der Waals surface area contributed by atoms with Gasteiger partial charge in [-0.3, -0.25) is 4.98 Å². The van der Waals surface area contributed by atoms with Gasteiger partial charge in [-0.05, 0) is 91.7 Å². The SMILES string of the molecule is Cn1c(-c2cc(C(C)(C)C)cc(C(C)(C)C)c2O)nc2c(-c3cc(-c4cc(-c5ccccc5)ccn4)c4c(c3)-c3ccccc3C4(C)C)cccc21. The second-order valence-electron chi connectivity index (χ2n) is 17.0. The summed E-state index contributed by atoms with van der Waals surface area (Å²) in [5, 5.41) is 11.9. The molecule has 0 atom stereocenters. The highest BCUT2D eigenvalue weighted by Gasteiger charge is 2.38. The van der Waals surface area contributed by atoms with Crippen molar-refractivity contribution < 1.29 is 5.11 Å². The number of aryl methyl sites for hydroxylation is 1. The molecule has 0 saturated carbocycles. The number of hydrogen-bond acceptors (Lipinski definition) is 3. The van der Waals surface area contributed by atoms with Crippen LogP contribution in [0.25, 0.3) is 67.1 Å². The smallest absolute Gasteiger partial charge is 0.144 e. The molecule has 260 valence electrons. The van der Waals surface area contributed by atoms with E-state index in [1.165, 1.54) is 33.4 Å². The van der Waals surface area contributed by atoms with Crippen molar-refractivity contribution in [3.63, 3.8) is 0 Å². The lowest BCUT2D eigenvalue weighted by atomic mass is 9.78. The van der Waals surface area contributed by atoms with Gasteiger partial charge in [0.1, 0.15) is 11.6 Å². The van der Waals surface area contributed by atoms with E-state index in [0.29, 0.717) is 5.75 Å². The highest BCUT2D eigenvalue weighted by atomic mass is 16.3. The Morgan fingerprint density at radius 2 is 1.31 bits per heavy atom. The maximum Gasteiger partial charge on any atom is 0.144 e. The monoisotopic (exact) mass is 681 g/mol. The highest BCUT2D eigenvalue weighted by molar-refractivity contribution is 5.99. The normalized spacial score (nSPS) is 13.7. The number of rotatable bonds is 4. The third-order valence-corrected chi connectivity index (χ3v) is 11.0. The summed E-state index contributed by atoms with van der Waals surface area (Å²) in [4.78, 5) is 10.4. The van der Waals surface area contributed by atoms with Crippen molar-refractivity contribution in [3.05, 3.63) is 138 Å². The maximum absolute atomic E-state index is 11.9. The van der Waals surface area contributed by atoms with E-state index in [1.54, 1.807) is 0 Å². The minimum atomic E-state index is -0.243. The molecular formula is C48H47N3O. The molecular weight excluding hydrogens is 635 g/mol. The number of imidazole rings is 1. The number of nitrogens with zero attached hydrogens (tertiary/aromatic N) is 3. The van der Waals surface area contributed by atoms with Gasteiger partial charge < -0.3 is 9.67 Å². The molecule has 5 aromatic carbocycles. The number of fused-ring (bicyclic) bond motifs is 4. The lowest BCUT2D eigenvalue weighted by molar-refractivity contribution is 0.446. The largest absolute Gasteiger partial charge is 0.507 e. The van der Waals surface area contributed by atoms with Crippen molar-refractivity contribution in [1.82, 2.24) is 14.5 Å². The zero-order valence-electron chi connectivity index (χ0n) is 31.8. The van der Waals surface area contributed by atoms with Gasteiger partial charge in [0.15, 0.2) is 0 Å². The van der Waals surface area contributed by atoms with E-state index < -0.39 is 0 Å². The van der Waals surface area contributed by atoms with Gasteiger partial charge in [-0.25, -0.2) is 4.98 Å². The lowest BCUT2D eigenvalue weighted by Gasteiger charge is -2.27. The first-order valence-corrected chi connectivity index (χ1v) is 18.3. The molecule has 4 nitrogen and oxygen atoms in total. The van der Waals surface area contributed by atoms with Gasteiger partial charge in [-0.1, -0.05) is 128 Å². The molecule has 7 aromatic rings. The average Bonchev–Trinajstić information content (AvgIpc) is 3.57. The Morgan fingerprint density at radius 1 is 0.615 bits per heavy atom. The van der Waals surface area contributed by atoms with Gasteiger partial charge in [0.05, 0.1) is 22.3 Å². The van der Waals surface area contributed by atoms with Crippen molar-refractivity contribution in [2.75, 3.05) is 0 Å². The predicted octanol–water partition coefficient (Wildman–Crippen LogP) is 12.2. The number of phenols is 1. The molecule has 0 spiro atoms. The van der Waals surface area contributed by atoms with Gasteiger partial charge in [-0.2, -0.15) is 0 Å². The molecule has 8 rings (SSSR count). The van der Waals surface area contributed by atoms with Crippen LogP contribution in [0.15, 0.2) is 115 Å². The summed E-state index contributed by atoms with van der Waals surface area (Å²) in [6.07, 6.45) is 1.93. The first-order valence-electron chi connectivity index (χ1n) is 18.3. The van der Waals surface area contributed by atoms with Crippen molar-refractivity contribution in [2.24, 2.45) is 7.05 Å². The fraction of sp³-hybridized carbons (Fsp3) is 0.250. The molecule has 1 aliphatic rings. The van der Waals surface area contributed by atoms with Crippen LogP contribution in [0, 0.1) is 0 Å².